The van der Waals surface area contributed by atoms with Crippen LogP contribution >= 0.6 is 0 Å². The van der Waals surface area contributed by atoms with Gasteiger partial charge in [0.15, 0.2) is 0 Å². The molecule has 3 aromatic rings. The van der Waals surface area contributed by atoms with Gasteiger partial charge in [0.2, 0.25) is 11.9 Å². The van der Waals surface area contributed by atoms with Crippen LogP contribution in [0.5, 0.6) is 0 Å². The first-order valence-corrected chi connectivity index (χ1v) is 13.9. The van der Waals surface area contributed by atoms with Crippen molar-refractivity contribution in [2.45, 2.75) is 58.4 Å². The van der Waals surface area contributed by atoms with E-state index in [9.17, 15) is 9.59 Å². The number of piperidine rings is 1. The Balaban J connectivity index is 1.26. The Kier molecular flexibility index (Phi) is 7.40. The Hall–Kier alpha value is -4.14. The van der Waals surface area contributed by atoms with Crippen molar-refractivity contribution in [1.82, 2.24) is 19.8 Å². The quantitative estimate of drug-likeness (QED) is 0.379. The smallest absolute Gasteiger partial charge is 0.319 e. The molecule has 0 atom stereocenters. The topological polar surface area (TPSA) is 102 Å². The molecule has 0 radical (unpaired) electrons. The Morgan fingerprint density at radius 2 is 1.88 bits per heavy atom. The molecular weight excluding hydrogens is 502 g/mol. The van der Waals surface area contributed by atoms with Crippen molar-refractivity contribution < 1.29 is 9.59 Å². The number of hydrogen-bond acceptors (Lipinski definition) is 6. The van der Waals surface area contributed by atoms with E-state index < -0.39 is 5.41 Å². The standard InChI is InChI=1S/C31H39N7O2/c1-19-16-22(21-12-14-38(15-13-21)30(40)37(5)6)10-11-24(19)35-29-33-17-20(2)27(36-29)32-18-23-8-7-9-25-26(23)31(3,4)28(39)34-25/h7-11,16-17,21H,12-15,18H2,1-6H3,(H,34,39)(H2,32,33,35,36). The minimum Gasteiger partial charge on any atom is -0.366 e. The van der Waals surface area contributed by atoms with Gasteiger partial charge in [0, 0.05) is 56.9 Å². The van der Waals surface area contributed by atoms with Crippen LogP contribution in [0.2, 0.25) is 0 Å². The van der Waals surface area contributed by atoms with Gasteiger partial charge in [0.05, 0.1) is 5.41 Å². The Morgan fingerprint density at radius 1 is 1.12 bits per heavy atom. The zero-order valence-electron chi connectivity index (χ0n) is 24.3. The van der Waals surface area contributed by atoms with Crippen LogP contribution in [0.3, 0.4) is 0 Å². The van der Waals surface area contributed by atoms with Gasteiger partial charge in [-0.1, -0.05) is 24.3 Å². The van der Waals surface area contributed by atoms with E-state index in [1.807, 2.05) is 44.0 Å². The molecular formula is C31H39N7O2. The zero-order chi connectivity index (χ0) is 28.6. The van der Waals surface area contributed by atoms with Crippen molar-refractivity contribution in [2.24, 2.45) is 0 Å². The molecule has 2 aromatic carbocycles. The van der Waals surface area contributed by atoms with Crippen LogP contribution in [0.4, 0.5) is 27.9 Å². The van der Waals surface area contributed by atoms with E-state index in [4.69, 9.17) is 4.98 Å². The predicted molar refractivity (Wildman–Crippen MR) is 159 cm³/mol. The number of anilines is 4. The molecule has 0 unspecified atom stereocenters. The van der Waals surface area contributed by atoms with E-state index in [0.717, 1.165) is 65.4 Å². The third kappa shape index (κ3) is 5.33. The molecule has 0 spiro atoms. The van der Waals surface area contributed by atoms with Crippen LogP contribution in [0.1, 0.15) is 60.4 Å². The summed E-state index contributed by atoms with van der Waals surface area (Å²) in [6, 6.07) is 12.6. The summed E-state index contributed by atoms with van der Waals surface area (Å²) in [5, 5.41) is 9.84. The number of carbonyl (C=O) groups is 2. The number of urea groups is 1. The molecule has 40 heavy (non-hydrogen) atoms. The summed E-state index contributed by atoms with van der Waals surface area (Å²) in [6.45, 7) is 10.1. The SMILES string of the molecule is Cc1cc(C2CCN(C(=O)N(C)C)CC2)ccc1Nc1ncc(C)c(NCc2cccc3c2C(C)(C)C(=O)N3)n1. The predicted octanol–water partition coefficient (Wildman–Crippen LogP) is 5.54. The summed E-state index contributed by atoms with van der Waals surface area (Å²) in [5.74, 6) is 1.74. The lowest BCUT2D eigenvalue weighted by Gasteiger charge is -2.34. The summed E-state index contributed by atoms with van der Waals surface area (Å²) in [6.07, 6.45) is 3.75. The average molecular weight is 542 g/mol. The Morgan fingerprint density at radius 3 is 2.58 bits per heavy atom. The van der Waals surface area contributed by atoms with Crippen LogP contribution in [0.25, 0.3) is 0 Å². The Bertz CT molecular complexity index is 1440. The van der Waals surface area contributed by atoms with Gasteiger partial charge in [-0.15, -0.1) is 0 Å². The number of aryl methyl sites for hydroxylation is 2. The molecule has 9 heteroatoms. The number of benzene rings is 2. The lowest BCUT2D eigenvalue weighted by atomic mass is 9.83. The summed E-state index contributed by atoms with van der Waals surface area (Å²) >= 11 is 0. The number of amides is 3. The van der Waals surface area contributed by atoms with Crippen LogP contribution in [-0.4, -0.2) is 58.9 Å². The highest BCUT2D eigenvalue weighted by Crippen LogP contribution is 2.40. The van der Waals surface area contributed by atoms with Gasteiger partial charge in [0.1, 0.15) is 5.82 Å². The minimum absolute atomic E-state index is 0.0194. The number of rotatable bonds is 6. The van der Waals surface area contributed by atoms with Crippen molar-refractivity contribution in [3.05, 3.63) is 70.4 Å². The van der Waals surface area contributed by atoms with Crippen LogP contribution in [0, 0.1) is 13.8 Å². The maximum Gasteiger partial charge on any atom is 0.319 e. The maximum atomic E-state index is 12.5. The second-order valence-electron chi connectivity index (χ2n) is 11.6. The molecule has 2 aliphatic heterocycles. The second kappa shape index (κ2) is 10.8. The molecule has 1 saturated heterocycles. The molecule has 0 saturated carbocycles. The monoisotopic (exact) mass is 541 g/mol. The molecule has 1 aromatic heterocycles. The number of hydrogen-bond donors (Lipinski definition) is 3. The van der Waals surface area contributed by atoms with E-state index in [1.54, 1.807) is 19.0 Å². The van der Waals surface area contributed by atoms with Gasteiger partial charge in [0.25, 0.3) is 0 Å². The average Bonchev–Trinajstić information content (AvgIpc) is 3.17. The number of aromatic nitrogens is 2. The lowest BCUT2D eigenvalue weighted by Crippen LogP contribution is -2.43. The summed E-state index contributed by atoms with van der Waals surface area (Å²) in [4.78, 5) is 37.6. The second-order valence-corrected chi connectivity index (χ2v) is 11.6. The van der Waals surface area contributed by atoms with Crippen LogP contribution in [-0.2, 0) is 16.8 Å². The third-order valence-corrected chi connectivity index (χ3v) is 8.13. The lowest BCUT2D eigenvalue weighted by molar-refractivity contribution is -0.119. The van der Waals surface area contributed by atoms with Crippen molar-refractivity contribution in [3.8, 4) is 0 Å². The van der Waals surface area contributed by atoms with E-state index in [2.05, 4.69) is 52.1 Å². The van der Waals surface area contributed by atoms with Crippen LogP contribution in [0.15, 0.2) is 42.6 Å². The van der Waals surface area contributed by atoms with Gasteiger partial charge in [-0.3, -0.25) is 4.79 Å². The van der Waals surface area contributed by atoms with Crippen molar-refractivity contribution in [2.75, 3.05) is 43.1 Å². The van der Waals surface area contributed by atoms with Crippen molar-refractivity contribution in [1.29, 1.82) is 0 Å². The molecule has 0 bridgehead atoms. The van der Waals surface area contributed by atoms with Gasteiger partial charge in [-0.25, -0.2) is 9.78 Å². The summed E-state index contributed by atoms with van der Waals surface area (Å²) in [7, 11) is 3.60. The third-order valence-electron chi connectivity index (χ3n) is 8.13. The van der Waals surface area contributed by atoms with E-state index >= 15 is 0 Å². The van der Waals surface area contributed by atoms with Crippen molar-refractivity contribution in [3.63, 3.8) is 0 Å². The fourth-order valence-corrected chi connectivity index (χ4v) is 5.73. The largest absolute Gasteiger partial charge is 0.366 e. The molecule has 3 heterocycles. The fourth-order valence-electron chi connectivity index (χ4n) is 5.73. The van der Waals surface area contributed by atoms with Gasteiger partial charge >= 0.3 is 6.03 Å². The van der Waals surface area contributed by atoms with E-state index in [-0.39, 0.29) is 11.9 Å². The molecule has 3 amide bonds. The van der Waals surface area contributed by atoms with Gasteiger partial charge in [-0.2, -0.15) is 4.98 Å². The number of fused-ring (bicyclic) bond motifs is 1. The zero-order valence-corrected chi connectivity index (χ0v) is 24.3. The van der Waals surface area contributed by atoms with Crippen molar-refractivity contribution >= 4 is 35.1 Å². The molecule has 0 aliphatic carbocycles. The molecule has 1 fully saturated rings. The highest BCUT2D eigenvalue weighted by atomic mass is 16.2. The first kappa shape index (κ1) is 27.4. The van der Waals surface area contributed by atoms with E-state index in [1.165, 1.54) is 5.56 Å². The molecule has 210 valence electrons. The summed E-state index contributed by atoms with van der Waals surface area (Å²) in [5.41, 5.74) is 6.73. The highest BCUT2D eigenvalue weighted by Gasteiger charge is 2.39. The highest BCUT2D eigenvalue weighted by molar-refractivity contribution is 6.06. The normalized spacial score (nSPS) is 16.4. The number of nitrogens with zero attached hydrogens (tertiary/aromatic N) is 4. The van der Waals surface area contributed by atoms with Gasteiger partial charge in [-0.05, 0) is 80.8 Å². The molecule has 9 nitrogen and oxygen atoms in total. The summed E-state index contributed by atoms with van der Waals surface area (Å²) < 4.78 is 0. The Labute approximate surface area is 236 Å². The molecule has 2 aliphatic rings. The number of nitrogens with one attached hydrogen (secondary N) is 3. The van der Waals surface area contributed by atoms with Gasteiger partial charge < -0.3 is 25.8 Å². The van der Waals surface area contributed by atoms with Crippen LogP contribution < -0.4 is 16.0 Å². The molecule has 3 N–H and O–H groups in total. The van der Waals surface area contributed by atoms with E-state index in [0.29, 0.717) is 18.4 Å². The first-order chi connectivity index (χ1) is 19.0. The molecule has 5 rings (SSSR count). The number of likely N-dealkylation sites (tertiary alicyclic amines) is 1. The first-order valence-electron chi connectivity index (χ1n) is 13.9. The minimum atomic E-state index is -0.578. The maximum absolute atomic E-state index is 12.5. The fraction of sp³-hybridized carbons (Fsp3) is 0.419. The number of carbonyl (C=O) groups excluding carboxylic acids is 2.